The summed E-state index contributed by atoms with van der Waals surface area (Å²) in [5, 5.41) is -0.155. The van der Waals surface area contributed by atoms with E-state index in [-0.39, 0.29) is 28.2 Å². The van der Waals surface area contributed by atoms with Crippen molar-refractivity contribution < 1.29 is 13.5 Å². The van der Waals surface area contributed by atoms with Crippen LogP contribution in [0.4, 0.5) is 8.78 Å². The van der Waals surface area contributed by atoms with Crippen LogP contribution in [0.1, 0.15) is 5.56 Å². The van der Waals surface area contributed by atoms with Gasteiger partial charge in [0.25, 0.3) is 0 Å². The Kier molecular flexibility index (Phi) is 3.38. The fourth-order valence-electron chi connectivity index (χ4n) is 1.36. The Morgan fingerprint density at radius 3 is 2.50 bits per heavy atom. The Bertz CT molecular complexity index is 607. The zero-order valence-corrected chi connectivity index (χ0v) is 10.3. The van der Waals surface area contributed by atoms with Gasteiger partial charge in [0.2, 0.25) is 5.28 Å². The molecule has 2 rings (SSSR count). The molecule has 0 atom stereocenters. The molecule has 0 amide bonds. The Labute approximate surface area is 107 Å². The predicted octanol–water partition coefficient (Wildman–Crippen LogP) is 2.79. The van der Waals surface area contributed by atoms with Crippen molar-refractivity contribution in [3.63, 3.8) is 0 Å². The smallest absolute Gasteiger partial charge is 0.321 e. The van der Waals surface area contributed by atoms with Gasteiger partial charge in [0, 0.05) is 0 Å². The van der Waals surface area contributed by atoms with Crippen LogP contribution < -0.4 is 4.74 Å². The van der Waals surface area contributed by atoms with Gasteiger partial charge in [0.05, 0.1) is 12.7 Å². The number of rotatable bonds is 2. The fraction of sp³-hybridized carbons (Fsp3) is 0.182. The van der Waals surface area contributed by atoms with Crippen LogP contribution in [0.5, 0.6) is 6.01 Å². The summed E-state index contributed by atoms with van der Waals surface area (Å²) in [7, 11) is 1.33. The van der Waals surface area contributed by atoms with Gasteiger partial charge in [-0.3, -0.25) is 0 Å². The SMILES string of the molecule is COc1nc(Cl)nc(-c2ccc(C)c(F)c2F)n1. The highest BCUT2D eigenvalue weighted by Gasteiger charge is 2.16. The number of nitrogens with zero attached hydrogens (tertiary/aromatic N) is 3. The molecule has 7 heteroatoms. The molecule has 4 nitrogen and oxygen atoms in total. The van der Waals surface area contributed by atoms with Crippen molar-refractivity contribution in [2.24, 2.45) is 0 Å². The van der Waals surface area contributed by atoms with E-state index in [1.54, 1.807) is 0 Å². The standard InChI is InChI=1S/C11H8ClF2N3O/c1-5-3-4-6(8(14)7(5)13)9-15-10(12)17-11(16-9)18-2/h3-4H,1-2H3. The predicted molar refractivity (Wildman–Crippen MR) is 61.5 cm³/mol. The highest BCUT2D eigenvalue weighted by Crippen LogP contribution is 2.25. The van der Waals surface area contributed by atoms with E-state index in [0.717, 1.165) is 0 Å². The summed E-state index contributed by atoms with van der Waals surface area (Å²) >= 11 is 5.64. The number of ether oxygens (including phenoxy) is 1. The average molecular weight is 272 g/mol. The van der Waals surface area contributed by atoms with Gasteiger partial charge in [0.1, 0.15) is 0 Å². The van der Waals surface area contributed by atoms with E-state index in [0.29, 0.717) is 0 Å². The molecule has 2 aromatic rings. The summed E-state index contributed by atoms with van der Waals surface area (Å²) in [5.41, 5.74) is 0.101. The lowest BCUT2D eigenvalue weighted by Gasteiger charge is -2.06. The van der Waals surface area contributed by atoms with E-state index in [2.05, 4.69) is 15.0 Å². The van der Waals surface area contributed by atoms with Gasteiger partial charge in [-0.15, -0.1) is 0 Å². The lowest BCUT2D eigenvalue weighted by Crippen LogP contribution is -2.01. The van der Waals surface area contributed by atoms with E-state index in [1.165, 1.54) is 26.2 Å². The van der Waals surface area contributed by atoms with Gasteiger partial charge in [-0.25, -0.2) is 8.78 Å². The fourth-order valence-corrected chi connectivity index (χ4v) is 1.51. The van der Waals surface area contributed by atoms with Crippen LogP contribution >= 0.6 is 11.6 Å². The summed E-state index contributed by atoms with van der Waals surface area (Å²) in [6.07, 6.45) is 0. The number of methoxy groups -OCH3 is 1. The second kappa shape index (κ2) is 4.81. The molecule has 1 aromatic carbocycles. The summed E-state index contributed by atoms with van der Waals surface area (Å²) in [6, 6.07) is 2.74. The molecule has 0 saturated carbocycles. The number of aryl methyl sites for hydroxylation is 1. The summed E-state index contributed by atoms with van der Waals surface area (Å²) < 4.78 is 32.0. The Morgan fingerprint density at radius 1 is 1.11 bits per heavy atom. The lowest BCUT2D eigenvalue weighted by atomic mass is 10.1. The van der Waals surface area contributed by atoms with E-state index in [4.69, 9.17) is 16.3 Å². The first-order valence-electron chi connectivity index (χ1n) is 4.93. The second-order valence-corrected chi connectivity index (χ2v) is 3.81. The zero-order valence-electron chi connectivity index (χ0n) is 9.54. The Morgan fingerprint density at radius 2 is 1.83 bits per heavy atom. The molecule has 0 unspecified atom stereocenters. The molecule has 0 aliphatic heterocycles. The summed E-state index contributed by atoms with van der Waals surface area (Å²) in [5.74, 6) is -2.05. The average Bonchev–Trinajstić information content (AvgIpc) is 2.35. The second-order valence-electron chi connectivity index (χ2n) is 3.47. The van der Waals surface area contributed by atoms with Crippen molar-refractivity contribution in [3.05, 3.63) is 34.6 Å². The lowest BCUT2D eigenvalue weighted by molar-refractivity contribution is 0.378. The molecule has 18 heavy (non-hydrogen) atoms. The molecule has 0 saturated heterocycles. The quantitative estimate of drug-likeness (QED) is 0.843. The number of aromatic nitrogens is 3. The summed E-state index contributed by atoms with van der Waals surface area (Å²) in [4.78, 5) is 11.2. The topological polar surface area (TPSA) is 47.9 Å². The van der Waals surface area contributed by atoms with Crippen LogP contribution in [0.2, 0.25) is 5.28 Å². The van der Waals surface area contributed by atoms with Crippen molar-refractivity contribution in [1.82, 2.24) is 15.0 Å². The van der Waals surface area contributed by atoms with E-state index in [1.807, 2.05) is 0 Å². The molecular formula is C11H8ClF2N3O. The third-order valence-corrected chi connectivity index (χ3v) is 2.46. The first-order valence-corrected chi connectivity index (χ1v) is 5.31. The molecule has 0 bridgehead atoms. The normalized spacial score (nSPS) is 10.5. The third kappa shape index (κ3) is 2.24. The number of benzene rings is 1. The molecule has 94 valence electrons. The minimum atomic E-state index is -1.03. The number of hydrogen-bond donors (Lipinski definition) is 0. The van der Waals surface area contributed by atoms with E-state index >= 15 is 0 Å². The molecule has 0 aliphatic carbocycles. The molecule has 1 aromatic heterocycles. The van der Waals surface area contributed by atoms with Crippen LogP contribution in [0, 0.1) is 18.6 Å². The Balaban J connectivity index is 2.62. The molecule has 0 radical (unpaired) electrons. The zero-order chi connectivity index (χ0) is 13.3. The van der Waals surface area contributed by atoms with Crippen LogP contribution in [0.25, 0.3) is 11.4 Å². The first kappa shape index (κ1) is 12.6. The minimum absolute atomic E-state index is 0.0645. The van der Waals surface area contributed by atoms with Gasteiger partial charge in [-0.05, 0) is 30.2 Å². The number of halogens is 3. The van der Waals surface area contributed by atoms with Crippen LogP contribution in [0.15, 0.2) is 12.1 Å². The molecule has 1 heterocycles. The highest BCUT2D eigenvalue weighted by molar-refractivity contribution is 6.28. The van der Waals surface area contributed by atoms with Crippen molar-refractivity contribution in [2.75, 3.05) is 7.11 Å². The maximum atomic E-state index is 13.8. The van der Waals surface area contributed by atoms with Crippen LogP contribution in [0.3, 0.4) is 0 Å². The van der Waals surface area contributed by atoms with Gasteiger partial charge in [0.15, 0.2) is 17.5 Å². The maximum absolute atomic E-state index is 13.8. The highest BCUT2D eigenvalue weighted by atomic mass is 35.5. The molecule has 0 spiro atoms. The van der Waals surface area contributed by atoms with Gasteiger partial charge < -0.3 is 4.74 Å². The van der Waals surface area contributed by atoms with Crippen LogP contribution in [-0.2, 0) is 0 Å². The van der Waals surface area contributed by atoms with Gasteiger partial charge in [-0.2, -0.15) is 15.0 Å². The van der Waals surface area contributed by atoms with Gasteiger partial charge in [-0.1, -0.05) is 6.07 Å². The van der Waals surface area contributed by atoms with Crippen LogP contribution in [-0.4, -0.2) is 22.1 Å². The molecular weight excluding hydrogens is 264 g/mol. The minimum Gasteiger partial charge on any atom is -0.467 e. The van der Waals surface area contributed by atoms with E-state index in [9.17, 15) is 8.78 Å². The monoisotopic (exact) mass is 271 g/mol. The van der Waals surface area contributed by atoms with Gasteiger partial charge >= 0.3 is 6.01 Å². The van der Waals surface area contributed by atoms with Crippen molar-refractivity contribution in [3.8, 4) is 17.4 Å². The largest absolute Gasteiger partial charge is 0.467 e. The van der Waals surface area contributed by atoms with Crippen molar-refractivity contribution >= 4 is 11.6 Å². The molecule has 0 aliphatic rings. The molecule has 0 fully saturated rings. The van der Waals surface area contributed by atoms with Crippen molar-refractivity contribution in [2.45, 2.75) is 6.92 Å². The first-order chi connectivity index (χ1) is 8.52. The maximum Gasteiger partial charge on any atom is 0.321 e. The number of hydrogen-bond acceptors (Lipinski definition) is 4. The Hall–Kier alpha value is -1.82. The van der Waals surface area contributed by atoms with Crippen molar-refractivity contribution in [1.29, 1.82) is 0 Å². The summed E-state index contributed by atoms with van der Waals surface area (Å²) in [6.45, 7) is 1.46. The molecule has 0 N–H and O–H groups in total. The third-order valence-electron chi connectivity index (χ3n) is 2.29. The van der Waals surface area contributed by atoms with E-state index < -0.39 is 11.6 Å².